The van der Waals surface area contributed by atoms with Gasteiger partial charge in [0.1, 0.15) is 5.92 Å². The van der Waals surface area contributed by atoms with Crippen LogP contribution in [0.15, 0.2) is 47.5 Å². The monoisotopic (exact) mass is 376 g/mol. The zero-order valence-electron chi connectivity index (χ0n) is 15.8. The normalized spacial score (nSPS) is 15.5. The number of fused-ring (bicyclic) bond motifs is 1. The van der Waals surface area contributed by atoms with Crippen LogP contribution in [-0.4, -0.2) is 36.5 Å². The third kappa shape index (κ3) is 3.00. The number of aromatic nitrogens is 2. The van der Waals surface area contributed by atoms with Gasteiger partial charge in [0, 0.05) is 23.2 Å². The zero-order valence-corrected chi connectivity index (χ0v) is 15.8. The highest BCUT2D eigenvalue weighted by Gasteiger charge is 2.28. The molecule has 0 saturated heterocycles. The molecule has 2 N–H and O–H groups in total. The Kier molecular flexibility index (Phi) is 4.57. The number of nitrogens with one attached hydrogen (secondary N) is 2. The number of anilines is 1. The van der Waals surface area contributed by atoms with Gasteiger partial charge >= 0.3 is 0 Å². The number of benzene rings is 2. The molecule has 7 heteroatoms. The van der Waals surface area contributed by atoms with Crippen LogP contribution in [0.2, 0.25) is 0 Å². The summed E-state index contributed by atoms with van der Waals surface area (Å²) in [4.78, 5) is 16.8. The average molecular weight is 376 g/mol. The summed E-state index contributed by atoms with van der Waals surface area (Å²) in [6.07, 6.45) is 1.64. The molecule has 0 fully saturated rings. The van der Waals surface area contributed by atoms with E-state index in [0.717, 1.165) is 28.1 Å². The molecule has 0 bridgehead atoms. The van der Waals surface area contributed by atoms with Crippen molar-refractivity contribution in [3.8, 4) is 22.6 Å². The predicted octanol–water partition coefficient (Wildman–Crippen LogP) is 3.84. The number of aliphatic imine (C=N–C) groups is 1. The van der Waals surface area contributed by atoms with E-state index in [-0.39, 0.29) is 5.91 Å². The van der Waals surface area contributed by atoms with Gasteiger partial charge in [-0.05, 0) is 36.2 Å². The number of methoxy groups -OCH3 is 2. The highest BCUT2D eigenvalue weighted by Crippen LogP contribution is 2.38. The number of carbonyl (C=O) groups excluding carboxylic acids is 1. The number of carbonyl (C=O) groups is 1. The van der Waals surface area contributed by atoms with E-state index < -0.39 is 5.92 Å². The maximum absolute atomic E-state index is 12.3. The first-order valence-corrected chi connectivity index (χ1v) is 8.83. The number of aromatic amines is 1. The summed E-state index contributed by atoms with van der Waals surface area (Å²) in [6, 6.07) is 13.3. The van der Waals surface area contributed by atoms with E-state index in [1.807, 2.05) is 49.4 Å². The van der Waals surface area contributed by atoms with Crippen LogP contribution in [0, 0.1) is 6.92 Å². The lowest BCUT2D eigenvalue weighted by atomic mass is 10.0. The molecule has 0 aliphatic carbocycles. The van der Waals surface area contributed by atoms with Gasteiger partial charge in [-0.15, -0.1) is 0 Å². The highest BCUT2D eigenvalue weighted by molar-refractivity contribution is 6.12. The summed E-state index contributed by atoms with van der Waals surface area (Å²) in [5, 5.41) is 10.2. The standard InChI is InChI=1S/C21H20N4O3/c1-12-19(13-8-9-17(27-2)18(10-13)28-3)20(25-24-12)22-11-15-14-6-4-5-7-16(14)23-21(15)26/h4-11,15H,1-3H3,(H,23,26)(H,24,25). The number of aryl methyl sites for hydroxylation is 1. The summed E-state index contributed by atoms with van der Waals surface area (Å²) in [5.41, 5.74) is 4.35. The average Bonchev–Trinajstić information content (AvgIpc) is 3.24. The summed E-state index contributed by atoms with van der Waals surface area (Å²) < 4.78 is 10.7. The van der Waals surface area contributed by atoms with Crippen LogP contribution in [-0.2, 0) is 4.79 Å². The highest BCUT2D eigenvalue weighted by atomic mass is 16.5. The van der Waals surface area contributed by atoms with E-state index in [2.05, 4.69) is 20.5 Å². The van der Waals surface area contributed by atoms with Gasteiger partial charge in [-0.1, -0.05) is 24.3 Å². The number of H-pyrrole nitrogens is 1. The first-order chi connectivity index (χ1) is 13.6. The number of amides is 1. The molecule has 3 aromatic rings. The van der Waals surface area contributed by atoms with Crippen molar-refractivity contribution in [3.05, 3.63) is 53.7 Å². The fourth-order valence-electron chi connectivity index (χ4n) is 3.37. The van der Waals surface area contributed by atoms with Crippen LogP contribution >= 0.6 is 0 Å². The number of rotatable bonds is 5. The molecule has 0 saturated carbocycles. The maximum Gasteiger partial charge on any atom is 0.237 e. The predicted molar refractivity (Wildman–Crippen MR) is 108 cm³/mol. The molecule has 142 valence electrons. The number of ether oxygens (including phenoxy) is 2. The van der Waals surface area contributed by atoms with Crippen molar-refractivity contribution >= 4 is 23.6 Å². The first-order valence-electron chi connectivity index (χ1n) is 8.83. The Morgan fingerprint density at radius 3 is 2.68 bits per heavy atom. The molecule has 2 aromatic carbocycles. The third-order valence-electron chi connectivity index (χ3n) is 4.78. The van der Waals surface area contributed by atoms with E-state index in [4.69, 9.17) is 9.47 Å². The molecule has 1 aliphatic heterocycles. The van der Waals surface area contributed by atoms with Crippen LogP contribution in [0.3, 0.4) is 0 Å². The van der Waals surface area contributed by atoms with Gasteiger partial charge in [0.15, 0.2) is 17.3 Å². The molecule has 2 heterocycles. The lowest BCUT2D eigenvalue weighted by Crippen LogP contribution is -2.12. The smallest absolute Gasteiger partial charge is 0.237 e. The second kappa shape index (κ2) is 7.19. The lowest BCUT2D eigenvalue weighted by molar-refractivity contribution is -0.115. The number of nitrogens with zero attached hydrogens (tertiary/aromatic N) is 2. The van der Waals surface area contributed by atoms with Crippen molar-refractivity contribution in [1.82, 2.24) is 10.2 Å². The minimum absolute atomic E-state index is 0.0927. The van der Waals surface area contributed by atoms with Crippen LogP contribution in [0.25, 0.3) is 11.1 Å². The van der Waals surface area contributed by atoms with Gasteiger partial charge in [0.05, 0.1) is 14.2 Å². The number of para-hydroxylation sites is 1. The molecule has 1 unspecified atom stereocenters. The molecule has 28 heavy (non-hydrogen) atoms. The summed E-state index contributed by atoms with van der Waals surface area (Å²) in [5.74, 6) is 1.26. The second-order valence-electron chi connectivity index (χ2n) is 6.45. The van der Waals surface area contributed by atoms with Crippen LogP contribution in [0.4, 0.5) is 11.5 Å². The Hall–Kier alpha value is -3.61. The van der Waals surface area contributed by atoms with Crippen molar-refractivity contribution in [2.75, 3.05) is 19.5 Å². The van der Waals surface area contributed by atoms with Gasteiger partial charge in [0.2, 0.25) is 5.91 Å². The van der Waals surface area contributed by atoms with Crippen LogP contribution < -0.4 is 14.8 Å². The fraction of sp³-hybridized carbons (Fsp3) is 0.190. The molecule has 1 aliphatic rings. The Morgan fingerprint density at radius 2 is 1.89 bits per heavy atom. The van der Waals surface area contributed by atoms with E-state index in [1.54, 1.807) is 20.4 Å². The first kappa shape index (κ1) is 17.8. The van der Waals surface area contributed by atoms with Crippen molar-refractivity contribution in [2.45, 2.75) is 12.8 Å². The summed E-state index contributed by atoms with van der Waals surface area (Å²) >= 11 is 0. The van der Waals surface area contributed by atoms with Gasteiger partial charge in [-0.3, -0.25) is 9.89 Å². The van der Waals surface area contributed by atoms with Gasteiger partial charge < -0.3 is 14.8 Å². The topological polar surface area (TPSA) is 88.6 Å². The molecular weight excluding hydrogens is 356 g/mol. The fourth-order valence-corrected chi connectivity index (χ4v) is 3.37. The molecule has 1 atom stereocenters. The largest absolute Gasteiger partial charge is 0.493 e. The Balaban J connectivity index is 1.70. The van der Waals surface area contributed by atoms with E-state index in [0.29, 0.717) is 17.3 Å². The molecule has 7 nitrogen and oxygen atoms in total. The van der Waals surface area contributed by atoms with Crippen molar-refractivity contribution in [1.29, 1.82) is 0 Å². The van der Waals surface area contributed by atoms with Gasteiger partial charge in [-0.25, -0.2) is 4.99 Å². The molecule has 0 spiro atoms. The minimum Gasteiger partial charge on any atom is -0.493 e. The Bertz CT molecular complexity index is 1070. The number of hydrogen-bond donors (Lipinski definition) is 2. The Labute approximate surface area is 162 Å². The van der Waals surface area contributed by atoms with Crippen LogP contribution in [0.1, 0.15) is 17.2 Å². The van der Waals surface area contributed by atoms with Crippen molar-refractivity contribution in [3.63, 3.8) is 0 Å². The lowest BCUT2D eigenvalue weighted by Gasteiger charge is -2.09. The molecular formula is C21H20N4O3. The minimum atomic E-state index is -0.438. The third-order valence-corrected chi connectivity index (χ3v) is 4.78. The maximum atomic E-state index is 12.3. The second-order valence-corrected chi connectivity index (χ2v) is 6.45. The SMILES string of the molecule is COc1ccc(-c2c(N=CC3C(=O)Nc4ccccc43)n[nH]c2C)cc1OC. The van der Waals surface area contributed by atoms with E-state index in [1.165, 1.54) is 0 Å². The van der Waals surface area contributed by atoms with E-state index in [9.17, 15) is 4.79 Å². The summed E-state index contributed by atoms with van der Waals surface area (Å²) in [7, 11) is 3.19. The Morgan fingerprint density at radius 1 is 1.11 bits per heavy atom. The zero-order chi connectivity index (χ0) is 19.7. The summed E-state index contributed by atoms with van der Waals surface area (Å²) in [6.45, 7) is 1.93. The van der Waals surface area contributed by atoms with Crippen molar-refractivity contribution in [2.24, 2.45) is 4.99 Å². The van der Waals surface area contributed by atoms with E-state index >= 15 is 0 Å². The molecule has 0 radical (unpaired) electrons. The van der Waals surface area contributed by atoms with Gasteiger partial charge in [-0.2, -0.15) is 5.10 Å². The quantitative estimate of drug-likeness (QED) is 0.662. The molecule has 4 rings (SSSR count). The number of hydrogen-bond acceptors (Lipinski definition) is 5. The molecule has 1 aromatic heterocycles. The van der Waals surface area contributed by atoms with Crippen LogP contribution in [0.5, 0.6) is 11.5 Å². The van der Waals surface area contributed by atoms with Gasteiger partial charge in [0.25, 0.3) is 0 Å². The van der Waals surface area contributed by atoms with Crippen molar-refractivity contribution < 1.29 is 14.3 Å². The molecule has 1 amide bonds.